The summed E-state index contributed by atoms with van der Waals surface area (Å²) in [6, 6.07) is 1.82. The lowest BCUT2D eigenvalue weighted by Gasteiger charge is -1.85. The van der Waals surface area contributed by atoms with Crippen LogP contribution < -0.4 is 5.73 Å². The molecule has 2 aromatic rings. The van der Waals surface area contributed by atoms with Crippen molar-refractivity contribution >= 4 is 0 Å². The maximum Gasteiger partial charge on any atom is 0.278 e. The first kappa shape index (κ1) is 8.89. The van der Waals surface area contributed by atoms with E-state index in [9.17, 15) is 0 Å². The summed E-state index contributed by atoms with van der Waals surface area (Å²) in [5.41, 5.74) is 6.05. The SMILES string of the molecule is Cn1ccc(-c2nc(CCN)no2)n1. The van der Waals surface area contributed by atoms with Crippen molar-refractivity contribution in [3.05, 3.63) is 18.1 Å². The smallest absolute Gasteiger partial charge is 0.278 e. The summed E-state index contributed by atoms with van der Waals surface area (Å²) in [6.45, 7) is 0.515. The first-order valence-electron chi connectivity index (χ1n) is 4.32. The van der Waals surface area contributed by atoms with Crippen molar-refractivity contribution < 1.29 is 4.52 Å². The molecule has 2 aromatic heterocycles. The molecule has 0 bridgehead atoms. The number of rotatable bonds is 3. The van der Waals surface area contributed by atoms with Gasteiger partial charge >= 0.3 is 0 Å². The van der Waals surface area contributed by atoms with Gasteiger partial charge < -0.3 is 10.3 Å². The molecule has 2 rings (SSSR count). The van der Waals surface area contributed by atoms with Gasteiger partial charge in [0, 0.05) is 19.7 Å². The van der Waals surface area contributed by atoms with Crippen LogP contribution in [0.2, 0.25) is 0 Å². The molecule has 0 amide bonds. The number of aromatic nitrogens is 4. The van der Waals surface area contributed by atoms with E-state index in [-0.39, 0.29) is 0 Å². The lowest BCUT2D eigenvalue weighted by molar-refractivity contribution is 0.421. The molecule has 0 unspecified atom stereocenters. The fraction of sp³-hybridized carbons (Fsp3) is 0.375. The summed E-state index contributed by atoms with van der Waals surface area (Å²) in [7, 11) is 1.83. The van der Waals surface area contributed by atoms with Crippen LogP contribution in [0.3, 0.4) is 0 Å². The molecule has 0 radical (unpaired) electrons. The molecule has 0 aromatic carbocycles. The third-order valence-electron chi connectivity index (χ3n) is 1.77. The third kappa shape index (κ3) is 1.64. The largest absolute Gasteiger partial charge is 0.332 e. The van der Waals surface area contributed by atoms with E-state index < -0.39 is 0 Å². The van der Waals surface area contributed by atoms with Crippen LogP contribution in [-0.2, 0) is 13.5 Å². The second-order valence-corrected chi connectivity index (χ2v) is 2.93. The average Bonchev–Trinajstić information content (AvgIpc) is 2.74. The Bertz CT molecular complexity index is 419. The number of hydrogen-bond donors (Lipinski definition) is 1. The number of nitrogens with two attached hydrogens (primary N) is 1. The predicted octanol–water partition coefficient (Wildman–Crippen LogP) is -0.0287. The van der Waals surface area contributed by atoms with E-state index in [1.807, 2.05) is 19.3 Å². The van der Waals surface area contributed by atoms with Gasteiger partial charge in [-0.25, -0.2) is 0 Å². The summed E-state index contributed by atoms with van der Waals surface area (Å²) in [5, 5.41) is 7.92. The van der Waals surface area contributed by atoms with E-state index in [0.717, 1.165) is 0 Å². The monoisotopic (exact) mass is 193 g/mol. The fourth-order valence-electron chi connectivity index (χ4n) is 1.12. The summed E-state index contributed by atoms with van der Waals surface area (Å²) in [6.07, 6.45) is 2.44. The van der Waals surface area contributed by atoms with Gasteiger partial charge in [0.15, 0.2) is 11.5 Å². The summed E-state index contributed by atoms with van der Waals surface area (Å²) in [4.78, 5) is 4.15. The first-order valence-corrected chi connectivity index (χ1v) is 4.32. The van der Waals surface area contributed by atoms with Crippen LogP contribution in [0, 0.1) is 0 Å². The molecule has 0 saturated carbocycles. The fourth-order valence-corrected chi connectivity index (χ4v) is 1.12. The van der Waals surface area contributed by atoms with Crippen LogP contribution in [-0.4, -0.2) is 26.5 Å². The number of hydrogen-bond acceptors (Lipinski definition) is 5. The molecule has 6 heteroatoms. The molecule has 0 aliphatic rings. The normalized spacial score (nSPS) is 10.7. The molecule has 14 heavy (non-hydrogen) atoms. The molecule has 74 valence electrons. The summed E-state index contributed by atoms with van der Waals surface area (Å²) >= 11 is 0. The molecule has 0 saturated heterocycles. The van der Waals surface area contributed by atoms with Crippen molar-refractivity contribution in [1.29, 1.82) is 0 Å². The minimum absolute atomic E-state index is 0.439. The van der Waals surface area contributed by atoms with Crippen molar-refractivity contribution in [2.24, 2.45) is 12.8 Å². The van der Waals surface area contributed by atoms with E-state index in [1.54, 1.807) is 4.68 Å². The molecular formula is C8H11N5O. The third-order valence-corrected chi connectivity index (χ3v) is 1.77. The van der Waals surface area contributed by atoms with Gasteiger partial charge in [0.05, 0.1) is 0 Å². The van der Waals surface area contributed by atoms with Gasteiger partial charge in [0.1, 0.15) is 0 Å². The van der Waals surface area contributed by atoms with Crippen molar-refractivity contribution in [2.45, 2.75) is 6.42 Å². The van der Waals surface area contributed by atoms with Crippen LogP contribution in [0.15, 0.2) is 16.8 Å². The maximum atomic E-state index is 5.37. The van der Waals surface area contributed by atoms with E-state index >= 15 is 0 Å². The molecular weight excluding hydrogens is 182 g/mol. The van der Waals surface area contributed by atoms with Gasteiger partial charge in [-0.3, -0.25) is 4.68 Å². The molecule has 6 nitrogen and oxygen atoms in total. The predicted molar refractivity (Wildman–Crippen MR) is 49.3 cm³/mol. The zero-order valence-corrected chi connectivity index (χ0v) is 7.84. The summed E-state index contributed by atoms with van der Waals surface area (Å²) in [5.74, 6) is 1.06. The van der Waals surface area contributed by atoms with E-state index in [0.29, 0.717) is 30.4 Å². The maximum absolute atomic E-state index is 5.37. The molecule has 0 atom stereocenters. The van der Waals surface area contributed by atoms with Crippen molar-refractivity contribution in [3.63, 3.8) is 0 Å². The Morgan fingerprint density at radius 1 is 1.57 bits per heavy atom. The average molecular weight is 193 g/mol. The van der Waals surface area contributed by atoms with Crippen LogP contribution >= 0.6 is 0 Å². The zero-order chi connectivity index (χ0) is 9.97. The Hall–Kier alpha value is -1.69. The first-order chi connectivity index (χ1) is 6.79. The Morgan fingerprint density at radius 3 is 3.07 bits per heavy atom. The Kier molecular flexibility index (Phi) is 2.28. The van der Waals surface area contributed by atoms with Gasteiger partial charge in [-0.2, -0.15) is 10.1 Å². The lowest BCUT2D eigenvalue weighted by atomic mass is 10.4. The van der Waals surface area contributed by atoms with E-state index in [1.165, 1.54) is 0 Å². The lowest BCUT2D eigenvalue weighted by Crippen LogP contribution is -2.03. The van der Waals surface area contributed by atoms with Crippen molar-refractivity contribution in [3.8, 4) is 11.6 Å². The Labute approximate surface area is 80.7 Å². The Morgan fingerprint density at radius 2 is 2.43 bits per heavy atom. The van der Waals surface area contributed by atoms with Gasteiger partial charge in [-0.1, -0.05) is 5.16 Å². The van der Waals surface area contributed by atoms with Crippen LogP contribution in [0.5, 0.6) is 0 Å². The topological polar surface area (TPSA) is 82.8 Å². The Balaban J connectivity index is 2.24. The van der Waals surface area contributed by atoms with E-state index in [2.05, 4.69) is 15.2 Å². The molecule has 0 fully saturated rings. The molecule has 0 aliphatic heterocycles. The van der Waals surface area contributed by atoms with E-state index in [4.69, 9.17) is 10.3 Å². The highest BCUT2D eigenvalue weighted by atomic mass is 16.5. The standard InChI is InChI=1S/C8H11N5O/c1-13-5-3-6(11-13)8-10-7(2-4-9)12-14-8/h3,5H,2,4,9H2,1H3. The molecule has 2 heterocycles. The van der Waals surface area contributed by atoms with Gasteiger partial charge in [-0.05, 0) is 12.6 Å². The highest BCUT2D eigenvalue weighted by molar-refractivity contribution is 5.44. The second-order valence-electron chi connectivity index (χ2n) is 2.93. The minimum Gasteiger partial charge on any atom is -0.332 e. The highest BCUT2D eigenvalue weighted by Crippen LogP contribution is 2.13. The van der Waals surface area contributed by atoms with Crippen molar-refractivity contribution in [2.75, 3.05) is 6.54 Å². The number of nitrogens with zero attached hydrogens (tertiary/aromatic N) is 4. The molecule has 0 spiro atoms. The zero-order valence-electron chi connectivity index (χ0n) is 7.84. The summed E-state index contributed by atoms with van der Waals surface area (Å²) < 4.78 is 6.71. The second kappa shape index (κ2) is 3.59. The molecule has 2 N–H and O–H groups in total. The number of aryl methyl sites for hydroxylation is 1. The highest BCUT2D eigenvalue weighted by Gasteiger charge is 2.10. The van der Waals surface area contributed by atoms with Crippen LogP contribution in [0.1, 0.15) is 5.82 Å². The quantitative estimate of drug-likeness (QED) is 0.740. The van der Waals surface area contributed by atoms with Crippen molar-refractivity contribution in [1.82, 2.24) is 19.9 Å². The molecule has 0 aliphatic carbocycles. The van der Waals surface area contributed by atoms with Crippen LogP contribution in [0.4, 0.5) is 0 Å². The van der Waals surface area contributed by atoms with Gasteiger partial charge in [0.2, 0.25) is 0 Å². The van der Waals surface area contributed by atoms with Gasteiger partial charge in [0.25, 0.3) is 5.89 Å². The van der Waals surface area contributed by atoms with Crippen LogP contribution in [0.25, 0.3) is 11.6 Å². The van der Waals surface area contributed by atoms with Gasteiger partial charge in [-0.15, -0.1) is 0 Å². The minimum atomic E-state index is 0.439.